The third-order valence-corrected chi connectivity index (χ3v) is 4.21. The monoisotopic (exact) mass is 392 g/mol. The van der Waals surface area contributed by atoms with E-state index in [1.54, 1.807) is 30.0 Å². The van der Waals surface area contributed by atoms with Crippen LogP contribution in [0.3, 0.4) is 0 Å². The Balaban J connectivity index is 1.43. The first-order chi connectivity index (χ1) is 14.1. The molecule has 146 valence electrons. The number of aromatic amines is 1. The summed E-state index contributed by atoms with van der Waals surface area (Å²) in [7, 11) is 1.59. The summed E-state index contributed by atoms with van der Waals surface area (Å²) in [5.41, 5.74) is 2.58. The van der Waals surface area contributed by atoms with Gasteiger partial charge in [-0.25, -0.2) is 14.1 Å². The number of rotatable bonds is 6. The Morgan fingerprint density at radius 3 is 2.83 bits per heavy atom. The third-order valence-electron chi connectivity index (χ3n) is 4.21. The first-order valence-electron chi connectivity index (χ1n) is 8.76. The molecular formula is C20H17FN6O2. The SMILES string of the molecule is COc1cccc(-c2cc(C(=O)Nc3ncn(Cc4ccc(F)cc4)n3)[nH]n2)c1. The molecule has 29 heavy (non-hydrogen) atoms. The number of methoxy groups -OCH3 is 1. The van der Waals surface area contributed by atoms with Gasteiger partial charge in [0, 0.05) is 5.56 Å². The summed E-state index contributed by atoms with van der Waals surface area (Å²) in [6.45, 7) is 0.410. The van der Waals surface area contributed by atoms with E-state index in [-0.39, 0.29) is 17.5 Å². The van der Waals surface area contributed by atoms with Crippen molar-refractivity contribution in [2.75, 3.05) is 12.4 Å². The second kappa shape index (κ2) is 7.93. The lowest BCUT2D eigenvalue weighted by molar-refractivity contribution is 0.102. The van der Waals surface area contributed by atoms with E-state index >= 15 is 0 Å². The van der Waals surface area contributed by atoms with E-state index in [1.807, 2.05) is 24.3 Å². The van der Waals surface area contributed by atoms with Gasteiger partial charge in [-0.1, -0.05) is 24.3 Å². The first-order valence-corrected chi connectivity index (χ1v) is 8.76. The maximum atomic E-state index is 13.0. The predicted octanol–water partition coefficient (Wildman–Crippen LogP) is 3.12. The number of nitrogens with one attached hydrogen (secondary N) is 2. The van der Waals surface area contributed by atoms with Gasteiger partial charge in [0.25, 0.3) is 5.91 Å². The molecule has 1 amide bonds. The van der Waals surface area contributed by atoms with E-state index < -0.39 is 5.91 Å². The van der Waals surface area contributed by atoms with Gasteiger partial charge in [0.05, 0.1) is 19.3 Å². The van der Waals surface area contributed by atoms with Gasteiger partial charge in [-0.15, -0.1) is 5.10 Å². The number of aromatic nitrogens is 5. The van der Waals surface area contributed by atoms with Gasteiger partial charge < -0.3 is 4.74 Å². The van der Waals surface area contributed by atoms with E-state index in [1.165, 1.54) is 18.5 Å². The van der Waals surface area contributed by atoms with Crippen LogP contribution < -0.4 is 10.1 Å². The molecule has 0 aliphatic rings. The Morgan fingerprint density at radius 1 is 1.21 bits per heavy atom. The van der Waals surface area contributed by atoms with Crippen LogP contribution in [-0.4, -0.2) is 38.0 Å². The fraction of sp³-hybridized carbons (Fsp3) is 0.100. The molecule has 0 fully saturated rings. The average molecular weight is 392 g/mol. The Labute approximate surface area is 165 Å². The first kappa shape index (κ1) is 18.4. The van der Waals surface area contributed by atoms with Gasteiger partial charge in [-0.05, 0) is 35.9 Å². The fourth-order valence-electron chi connectivity index (χ4n) is 2.74. The molecule has 2 N–H and O–H groups in total. The zero-order valence-corrected chi connectivity index (χ0v) is 15.5. The Morgan fingerprint density at radius 2 is 2.03 bits per heavy atom. The van der Waals surface area contributed by atoms with Crippen LogP contribution in [-0.2, 0) is 6.54 Å². The number of anilines is 1. The lowest BCUT2D eigenvalue weighted by Crippen LogP contribution is -2.14. The summed E-state index contributed by atoms with van der Waals surface area (Å²) in [6, 6.07) is 15.1. The van der Waals surface area contributed by atoms with E-state index in [9.17, 15) is 9.18 Å². The molecule has 2 aromatic carbocycles. The summed E-state index contributed by atoms with van der Waals surface area (Å²) in [4.78, 5) is 16.5. The van der Waals surface area contributed by atoms with Crippen molar-refractivity contribution in [2.45, 2.75) is 6.54 Å². The van der Waals surface area contributed by atoms with Crippen LogP contribution in [0.4, 0.5) is 10.3 Å². The summed E-state index contributed by atoms with van der Waals surface area (Å²) in [6.07, 6.45) is 1.49. The van der Waals surface area contributed by atoms with Gasteiger partial charge in [0.2, 0.25) is 5.95 Å². The number of nitrogens with zero attached hydrogens (tertiary/aromatic N) is 4. The van der Waals surface area contributed by atoms with Crippen LogP contribution in [0.25, 0.3) is 11.3 Å². The minimum Gasteiger partial charge on any atom is -0.497 e. The number of amides is 1. The van der Waals surface area contributed by atoms with Gasteiger partial charge in [0.1, 0.15) is 23.6 Å². The van der Waals surface area contributed by atoms with Crippen molar-refractivity contribution in [2.24, 2.45) is 0 Å². The molecule has 0 bridgehead atoms. The van der Waals surface area contributed by atoms with Crippen LogP contribution in [0.15, 0.2) is 60.9 Å². The smallest absolute Gasteiger partial charge is 0.276 e. The lowest BCUT2D eigenvalue weighted by Gasteiger charge is -2.01. The second-order valence-electron chi connectivity index (χ2n) is 6.25. The highest BCUT2D eigenvalue weighted by Gasteiger charge is 2.14. The van der Waals surface area contributed by atoms with Crippen LogP contribution in [0, 0.1) is 5.82 Å². The van der Waals surface area contributed by atoms with Crippen LogP contribution in [0.5, 0.6) is 5.75 Å². The molecule has 2 heterocycles. The molecule has 8 nitrogen and oxygen atoms in total. The number of ether oxygens (including phenoxy) is 1. The lowest BCUT2D eigenvalue weighted by atomic mass is 10.1. The minimum atomic E-state index is -0.411. The van der Waals surface area contributed by atoms with Crippen molar-refractivity contribution in [3.05, 3.63) is 78.0 Å². The minimum absolute atomic E-state index is 0.162. The van der Waals surface area contributed by atoms with E-state index in [0.29, 0.717) is 18.0 Å². The van der Waals surface area contributed by atoms with Gasteiger partial charge >= 0.3 is 0 Å². The van der Waals surface area contributed by atoms with Gasteiger partial charge in [-0.3, -0.25) is 15.2 Å². The molecule has 0 saturated carbocycles. The number of carbonyl (C=O) groups excluding carboxylic acids is 1. The Kier molecular flexibility index (Phi) is 5.02. The fourth-order valence-corrected chi connectivity index (χ4v) is 2.74. The van der Waals surface area contributed by atoms with Crippen LogP contribution in [0.2, 0.25) is 0 Å². The Bertz CT molecular complexity index is 1140. The molecule has 0 unspecified atom stereocenters. The average Bonchev–Trinajstić information content (AvgIpc) is 3.40. The molecule has 0 spiro atoms. The molecular weight excluding hydrogens is 375 g/mol. The normalized spacial score (nSPS) is 10.7. The summed E-state index contributed by atoms with van der Waals surface area (Å²) < 4.78 is 19.7. The molecule has 0 saturated heterocycles. The Hall–Kier alpha value is -4.01. The topological polar surface area (TPSA) is 97.7 Å². The van der Waals surface area contributed by atoms with Crippen molar-refractivity contribution in [1.82, 2.24) is 25.0 Å². The molecule has 4 rings (SSSR count). The number of hydrogen-bond acceptors (Lipinski definition) is 5. The second-order valence-corrected chi connectivity index (χ2v) is 6.25. The van der Waals surface area contributed by atoms with E-state index in [4.69, 9.17) is 4.74 Å². The van der Waals surface area contributed by atoms with Crippen molar-refractivity contribution >= 4 is 11.9 Å². The summed E-state index contributed by atoms with van der Waals surface area (Å²) in [5, 5.41) is 13.7. The maximum Gasteiger partial charge on any atom is 0.276 e. The zero-order chi connectivity index (χ0) is 20.2. The van der Waals surface area contributed by atoms with Crippen molar-refractivity contribution in [3.8, 4) is 17.0 Å². The standard InChI is InChI=1S/C20H17FN6O2/c1-29-16-4-2-3-14(9-16)17-10-18(25-24-17)19(28)23-20-22-12-27(26-20)11-13-5-7-15(21)8-6-13/h2-10,12H,11H2,1H3,(H,24,25)(H,23,26,28). The van der Waals surface area contributed by atoms with E-state index in [0.717, 1.165) is 11.1 Å². The molecule has 0 atom stereocenters. The maximum absolute atomic E-state index is 13.0. The molecule has 2 aromatic heterocycles. The highest BCUT2D eigenvalue weighted by Crippen LogP contribution is 2.22. The molecule has 9 heteroatoms. The van der Waals surface area contributed by atoms with Crippen molar-refractivity contribution in [3.63, 3.8) is 0 Å². The molecule has 0 radical (unpaired) electrons. The number of benzene rings is 2. The number of H-pyrrole nitrogens is 1. The highest BCUT2D eigenvalue weighted by atomic mass is 19.1. The van der Waals surface area contributed by atoms with Gasteiger partial charge in [0.15, 0.2) is 0 Å². The third kappa shape index (κ3) is 4.29. The number of hydrogen-bond donors (Lipinski definition) is 2. The molecule has 0 aliphatic carbocycles. The quantitative estimate of drug-likeness (QED) is 0.525. The largest absolute Gasteiger partial charge is 0.497 e. The molecule has 0 aliphatic heterocycles. The predicted molar refractivity (Wildman–Crippen MR) is 104 cm³/mol. The van der Waals surface area contributed by atoms with Crippen molar-refractivity contribution < 1.29 is 13.9 Å². The van der Waals surface area contributed by atoms with Gasteiger partial charge in [-0.2, -0.15) is 5.10 Å². The van der Waals surface area contributed by atoms with E-state index in [2.05, 4.69) is 25.6 Å². The summed E-state index contributed by atoms with van der Waals surface area (Å²) >= 11 is 0. The summed E-state index contributed by atoms with van der Waals surface area (Å²) in [5.74, 6) is 0.154. The van der Waals surface area contributed by atoms with Crippen LogP contribution >= 0.6 is 0 Å². The zero-order valence-electron chi connectivity index (χ0n) is 15.5. The van der Waals surface area contributed by atoms with Crippen molar-refractivity contribution in [1.29, 1.82) is 0 Å². The highest BCUT2D eigenvalue weighted by molar-refractivity contribution is 6.02. The van der Waals surface area contributed by atoms with Crippen LogP contribution in [0.1, 0.15) is 16.1 Å². The molecule has 4 aromatic rings. The number of carbonyl (C=O) groups is 1. The number of halogens is 1.